The van der Waals surface area contributed by atoms with Gasteiger partial charge in [0, 0.05) is 0 Å². The summed E-state index contributed by atoms with van der Waals surface area (Å²) in [6.45, 7) is 0. The van der Waals surface area contributed by atoms with Crippen LogP contribution in [0, 0.1) is 6.43 Å². The molecule has 0 unspecified atom stereocenters. The summed E-state index contributed by atoms with van der Waals surface area (Å²) in [5, 5.41) is 0. The molecule has 0 saturated carbocycles. The van der Waals surface area contributed by atoms with Gasteiger partial charge in [-0.05, 0) is 0 Å². The second kappa shape index (κ2) is 9.26. The summed E-state index contributed by atoms with van der Waals surface area (Å²) in [7, 11) is 0. The number of hydrogen-bond donors (Lipinski definition) is 0. The Balaban J connectivity index is 0. The summed E-state index contributed by atoms with van der Waals surface area (Å²) in [5.74, 6) is -69.7. The van der Waals surface area contributed by atoms with Crippen molar-refractivity contribution in [2.45, 2.75) is 53.6 Å². The van der Waals surface area contributed by atoms with E-state index in [1.54, 1.807) is 0 Å². The van der Waals surface area contributed by atoms with Gasteiger partial charge in [0.1, 0.15) is 0 Å². The molecule has 0 bridgehead atoms. The van der Waals surface area contributed by atoms with Crippen molar-refractivity contribution < 1.29 is 109 Å². The summed E-state index contributed by atoms with van der Waals surface area (Å²) < 4.78 is 264. The third kappa shape index (κ3) is 4.61. The van der Waals surface area contributed by atoms with Crippen LogP contribution in [0.1, 0.15) is 0 Å². The van der Waals surface area contributed by atoms with E-state index >= 15 is 0 Å². The Bertz CT molecular complexity index is 662. The molecule has 0 fully saturated rings. The molecule has 0 radical (unpaired) electrons. The van der Waals surface area contributed by atoms with Crippen LogP contribution in [-0.2, 0) is 16.3 Å². The molecule has 0 aliphatic heterocycles. The van der Waals surface area contributed by atoms with Gasteiger partial charge in [0.15, 0.2) is 0 Å². The number of hydrogen-bond acceptors (Lipinski definition) is 0. The topological polar surface area (TPSA) is 0 Å². The van der Waals surface area contributed by atoms with Crippen molar-refractivity contribution in [2.75, 3.05) is 0 Å². The number of alkyl halides is 19. The third-order valence-corrected chi connectivity index (χ3v) is 3.35. The maximum absolute atomic E-state index is 13.1. The molecular weight excluding hydrogens is 664 g/mol. The van der Waals surface area contributed by atoms with Gasteiger partial charge in [-0.3, -0.25) is 0 Å². The van der Waals surface area contributed by atoms with Crippen molar-refractivity contribution in [3.8, 4) is 0 Å². The zero-order chi connectivity index (χ0) is 28.1. The molecule has 0 heterocycles. The number of rotatable bonds is 8. The van der Waals surface area contributed by atoms with Crippen molar-refractivity contribution in [3.05, 3.63) is 6.43 Å². The maximum atomic E-state index is 13.1. The van der Waals surface area contributed by atoms with Crippen LogP contribution in [0.3, 0.4) is 0 Å². The van der Waals surface area contributed by atoms with Gasteiger partial charge in [-0.2, -0.15) is 74.6 Å². The fourth-order valence-corrected chi connectivity index (χ4v) is 1.48. The second-order valence-electron chi connectivity index (χ2n) is 5.35. The van der Waals surface area contributed by atoms with Gasteiger partial charge in [-0.25, -0.2) is 8.78 Å². The van der Waals surface area contributed by atoms with E-state index in [1.165, 1.54) is 16.3 Å². The van der Waals surface area contributed by atoms with Gasteiger partial charge >= 0.3 is 77.6 Å². The molecule has 196 valence electrons. The van der Waals surface area contributed by atoms with E-state index in [0.29, 0.717) is 0 Å². The molecule has 0 atom stereocenters. The Morgan fingerprint density at radius 3 is 0.727 bits per heavy atom. The molecule has 0 aliphatic rings. The first-order chi connectivity index (χ1) is 13.9. The molecular formula is C10BrF21Zn. The molecule has 0 aromatic rings. The van der Waals surface area contributed by atoms with E-state index in [9.17, 15) is 92.2 Å². The van der Waals surface area contributed by atoms with Crippen molar-refractivity contribution in [2.24, 2.45) is 0 Å². The van der Waals surface area contributed by atoms with Crippen molar-refractivity contribution >= 4 is 13.6 Å². The van der Waals surface area contributed by atoms with E-state index in [0.717, 1.165) is 0 Å². The van der Waals surface area contributed by atoms with Crippen LogP contribution < -0.4 is 0 Å². The average Bonchev–Trinajstić information content (AvgIpc) is 2.60. The standard InChI is InChI=1S/C10F21.BrH.Zn/c11-1(12)2(13,14)3(15,16)4(17,18)5(19,20)6(21,22)7(23,24)8(25,26)9(27,28)10(29,30)31;;/h;1H;/q-1;;+2/p-1. The summed E-state index contributed by atoms with van der Waals surface area (Å²) in [5.41, 5.74) is 0. The molecule has 0 rings (SSSR count). The zero-order valence-electron chi connectivity index (χ0n) is 14.0. The van der Waals surface area contributed by atoms with E-state index in [2.05, 4.69) is 13.6 Å². The SMILES string of the molecule is F[C-](F)C(F)(F)C(F)(F)C(F)(F)C(F)(F)C(F)(F)C(F)(F)C(F)(F)C(F)(F)C(F)(F)F.[Zn+][Br]. The second-order valence-corrected chi connectivity index (χ2v) is 5.35. The van der Waals surface area contributed by atoms with Crippen LogP contribution in [0.25, 0.3) is 0 Å². The van der Waals surface area contributed by atoms with E-state index in [4.69, 9.17) is 0 Å². The third-order valence-electron chi connectivity index (χ3n) is 3.35. The Labute approximate surface area is 182 Å². The van der Waals surface area contributed by atoms with Crippen molar-refractivity contribution in [1.82, 2.24) is 0 Å². The number of halogens is 22. The van der Waals surface area contributed by atoms with E-state index in [-0.39, 0.29) is 0 Å². The summed E-state index contributed by atoms with van der Waals surface area (Å²) in [6.07, 6.45) is -13.2. The first kappa shape index (κ1) is 34.8. The van der Waals surface area contributed by atoms with Crippen LogP contribution in [0.4, 0.5) is 92.2 Å². The van der Waals surface area contributed by atoms with Crippen LogP contribution >= 0.6 is 13.6 Å². The van der Waals surface area contributed by atoms with Crippen molar-refractivity contribution in [1.29, 1.82) is 0 Å². The first-order valence-electron chi connectivity index (χ1n) is 6.49. The molecule has 0 aliphatic carbocycles. The summed E-state index contributed by atoms with van der Waals surface area (Å²) >= 11 is 4.25. The Hall–Kier alpha value is -0.367. The molecule has 0 saturated heterocycles. The molecule has 23 heteroatoms. The fraction of sp³-hybridized carbons (Fsp3) is 0.900. The normalized spacial score (nSPS) is 16.0. The zero-order valence-corrected chi connectivity index (χ0v) is 18.6. The molecule has 0 aromatic carbocycles. The van der Waals surface area contributed by atoms with Crippen LogP contribution in [0.15, 0.2) is 0 Å². The Morgan fingerprint density at radius 2 is 0.545 bits per heavy atom. The van der Waals surface area contributed by atoms with Gasteiger partial charge in [-0.15, -0.1) is 0 Å². The predicted molar refractivity (Wildman–Crippen MR) is 60.0 cm³/mol. The van der Waals surface area contributed by atoms with Gasteiger partial charge in [0.2, 0.25) is 0 Å². The van der Waals surface area contributed by atoms with E-state index in [1.807, 2.05) is 0 Å². The molecule has 0 nitrogen and oxygen atoms in total. The van der Waals surface area contributed by atoms with Crippen LogP contribution in [0.2, 0.25) is 0 Å². The van der Waals surface area contributed by atoms with Crippen LogP contribution in [0.5, 0.6) is 0 Å². The molecule has 0 spiro atoms. The summed E-state index contributed by atoms with van der Waals surface area (Å²) in [6, 6.07) is 0. The first-order valence-corrected chi connectivity index (χ1v) is 13.4. The predicted octanol–water partition coefficient (Wildman–Crippen LogP) is 7.90. The minimum absolute atomic E-state index is 1.19. The van der Waals surface area contributed by atoms with Crippen LogP contribution in [-0.4, -0.2) is 53.6 Å². The van der Waals surface area contributed by atoms with E-state index < -0.39 is 60.0 Å². The molecule has 33 heavy (non-hydrogen) atoms. The van der Waals surface area contributed by atoms with Gasteiger partial charge in [-0.1, -0.05) is 0 Å². The minimum atomic E-state index is -9.12. The van der Waals surface area contributed by atoms with Gasteiger partial charge < -0.3 is 8.78 Å². The van der Waals surface area contributed by atoms with Gasteiger partial charge in [0.25, 0.3) is 5.92 Å². The molecule has 0 aromatic heterocycles. The Morgan fingerprint density at radius 1 is 0.364 bits per heavy atom. The quantitative estimate of drug-likeness (QED) is 0.141. The monoisotopic (exact) mass is 662 g/mol. The summed E-state index contributed by atoms with van der Waals surface area (Å²) in [4.78, 5) is 0. The van der Waals surface area contributed by atoms with Gasteiger partial charge in [0.05, 0.1) is 6.43 Å². The van der Waals surface area contributed by atoms with Crippen molar-refractivity contribution in [3.63, 3.8) is 0 Å². The fourth-order valence-electron chi connectivity index (χ4n) is 1.48. The molecule has 0 amide bonds. The molecule has 0 N–H and O–H groups in total. The Kier molecular flexibility index (Phi) is 9.76. The average molecular weight is 664 g/mol.